The van der Waals surface area contributed by atoms with Gasteiger partial charge in [-0.3, -0.25) is 9.59 Å². The predicted octanol–water partition coefficient (Wildman–Crippen LogP) is 3.30. The van der Waals surface area contributed by atoms with Gasteiger partial charge < -0.3 is 10.0 Å². The second-order valence-corrected chi connectivity index (χ2v) is 7.77. The van der Waals surface area contributed by atoms with Crippen LogP contribution >= 0.6 is 11.6 Å². The molecule has 128 valence electrons. The van der Waals surface area contributed by atoms with E-state index in [0.717, 1.165) is 19.3 Å². The fourth-order valence-electron chi connectivity index (χ4n) is 4.31. The van der Waals surface area contributed by atoms with E-state index in [1.165, 1.54) is 6.07 Å². The molecule has 2 saturated carbocycles. The Balaban J connectivity index is 1.38. The highest BCUT2D eigenvalue weighted by atomic mass is 35.5. The van der Waals surface area contributed by atoms with E-state index in [2.05, 4.69) is 0 Å². The van der Waals surface area contributed by atoms with Crippen molar-refractivity contribution in [2.24, 2.45) is 17.3 Å². The van der Waals surface area contributed by atoms with Crippen LogP contribution in [0.1, 0.15) is 37.2 Å². The number of rotatable bonds is 3. The first-order chi connectivity index (χ1) is 11.4. The van der Waals surface area contributed by atoms with Gasteiger partial charge in [0.15, 0.2) is 0 Å². The molecule has 1 amide bonds. The Bertz CT molecular complexity index is 694. The van der Waals surface area contributed by atoms with Crippen LogP contribution in [-0.4, -0.2) is 35.0 Å². The summed E-state index contributed by atoms with van der Waals surface area (Å²) < 4.78 is 14.0. The molecule has 1 spiro atoms. The minimum absolute atomic E-state index is 0.0571. The van der Waals surface area contributed by atoms with Gasteiger partial charge in [-0.2, -0.15) is 0 Å². The molecule has 0 radical (unpaired) electrons. The van der Waals surface area contributed by atoms with E-state index in [-0.39, 0.29) is 34.9 Å². The lowest BCUT2D eigenvalue weighted by atomic mass is 9.90. The number of hydrogen-bond acceptors (Lipinski definition) is 2. The number of nitrogens with zero attached hydrogens (tertiary/aromatic N) is 1. The molecule has 0 bridgehead atoms. The number of halogens is 2. The first kappa shape index (κ1) is 15.9. The molecule has 2 aliphatic carbocycles. The molecule has 3 aliphatic rings. The van der Waals surface area contributed by atoms with Crippen molar-refractivity contribution in [3.8, 4) is 0 Å². The number of benzene rings is 1. The van der Waals surface area contributed by atoms with E-state index in [4.69, 9.17) is 16.7 Å². The van der Waals surface area contributed by atoms with Crippen molar-refractivity contribution in [3.05, 3.63) is 34.6 Å². The van der Waals surface area contributed by atoms with Gasteiger partial charge in [-0.1, -0.05) is 17.7 Å². The van der Waals surface area contributed by atoms with Gasteiger partial charge in [0.2, 0.25) is 5.91 Å². The quantitative estimate of drug-likeness (QED) is 0.909. The van der Waals surface area contributed by atoms with Gasteiger partial charge in [-0.15, -0.1) is 0 Å². The highest BCUT2D eigenvalue weighted by Gasteiger charge is 2.59. The first-order valence-electron chi connectivity index (χ1n) is 8.38. The third kappa shape index (κ3) is 2.50. The molecule has 0 aromatic heterocycles. The number of likely N-dealkylation sites (tertiary alicyclic amines) is 1. The van der Waals surface area contributed by atoms with Crippen LogP contribution in [-0.2, 0) is 9.59 Å². The predicted molar refractivity (Wildman–Crippen MR) is 86.2 cm³/mol. The van der Waals surface area contributed by atoms with Gasteiger partial charge >= 0.3 is 5.97 Å². The zero-order valence-electron chi connectivity index (χ0n) is 13.2. The van der Waals surface area contributed by atoms with E-state index in [1.807, 2.05) is 4.90 Å². The molecule has 1 saturated heterocycles. The molecule has 3 atom stereocenters. The van der Waals surface area contributed by atoms with Gasteiger partial charge in [0, 0.05) is 35.5 Å². The fraction of sp³-hybridized carbons (Fsp3) is 0.556. The maximum atomic E-state index is 14.0. The van der Waals surface area contributed by atoms with Gasteiger partial charge in [-0.25, -0.2) is 4.39 Å². The number of carbonyl (C=O) groups excluding carboxylic acids is 1. The number of hydrogen-bond donors (Lipinski definition) is 1. The van der Waals surface area contributed by atoms with Crippen molar-refractivity contribution < 1.29 is 19.1 Å². The van der Waals surface area contributed by atoms with Crippen LogP contribution in [0.3, 0.4) is 0 Å². The molecule has 3 fully saturated rings. The van der Waals surface area contributed by atoms with E-state index in [1.54, 1.807) is 12.1 Å². The van der Waals surface area contributed by atoms with Crippen molar-refractivity contribution in [2.75, 3.05) is 13.1 Å². The topological polar surface area (TPSA) is 57.6 Å². The van der Waals surface area contributed by atoms with Crippen LogP contribution in [0.4, 0.5) is 4.39 Å². The second-order valence-electron chi connectivity index (χ2n) is 7.37. The van der Waals surface area contributed by atoms with Crippen molar-refractivity contribution in [1.82, 2.24) is 4.90 Å². The summed E-state index contributed by atoms with van der Waals surface area (Å²) in [6, 6.07) is 4.60. The number of aliphatic carboxylic acids is 1. The summed E-state index contributed by atoms with van der Waals surface area (Å²) in [6.07, 6.45) is 2.89. The largest absolute Gasteiger partial charge is 0.481 e. The van der Waals surface area contributed by atoms with E-state index in [0.29, 0.717) is 30.1 Å². The van der Waals surface area contributed by atoms with E-state index < -0.39 is 5.97 Å². The number of carboxylic acid groups (broad SMARTS) is 1. The molecule has 1 N–H and O–H groups in total. The third-order valence-corrected chi connectivity index (χ3v) is 6.37. The normalized spacial score (nSPS) is 30.2. The highest BCUT2D eigenvalue weighted by molar-refractivity contribution is 6.31. The fourth-order valence-corrected chi connectivity index (χ4v) is 4.61. The first-order valence-corrected chi connectivity index (χ1v) is 8.76. The van der Waals surface area contributed by atoms with Gasteiger partial charge in [0.1, 0.15) is 5.82 Å². The van der Waals surface area contributed by atoms with Crippen LogP contribution < -0.4 is 0 Å². The number of amides is 1. The molecule has 6 heteroatoms. The molecule has 4 rings (SSSR count). The van der Waals surface area contributed by atoms with Crippen LogP contribution in [0.25, 0.3) is 0 Å². The summed E-state index contributed by atoms with van der Waals surface area (Å²) in [6.45, 7) is 1.22. The lowest BCUT2D eigenvalue weighted by molar-refractivity contribution is -0.140. The van der Waals surface area contributed by atoms with Crippen LogP contribution in [0.15, 0.2) is 18.2 Å². The molecule has 1 aromatic rings. The second kappa shape index (κ2) is 5.45. The lowest BCUT2D eigenvalue weighted by Gasteiger charge is -2.33. The molecular weight excluding hydrogens is 333 g/mol. The van der Waals surface area contributed by atoms with Crippen LogP contribution in [0.2, 0.25) is 5.02 Å². The Morgan fingerprint density at radius 2 is 2.00 bits per heavy atom. The Kier molecular flexibility index (Phi) is 3.60. The Morgan fingerprint density at radius 3 is 2.58 bits per heavy atom. The van der Waals surface area contributed by atoms with Crippen molar-refractivity contribution in [2.45, 2.75) is 31.6 Å². The summed E-state index contributed by atoms with van der Waals surface area (Å²) in [5, 5.41) is 9.51. The third-order valence-electron chi connectivity index (χ3n) is 6.04. The van der Waals surface area contributed by atoms with Gasteiger partial charge in [0.25, 0.3) is 0 Å². The Hall–Kier alpha value is -1.62. The Morgan fingerprint density at radius 1 is 1.29 bits per heavy atom. The standard InChI is InChI=1S/C18H19ClFNO3/c19-13-2-1-3-14(20)15(13)10-8-11(10)16(22)21-6-4-18(5-7-21)9-12(18)17(23)24/h1-3,10-12H,4-9H2,(H,23,24). The van der Waals surface area contributed by atoms with E-state index >= 15 is 0 Å². The summed E-state index contributed by atoms with van der Waals surface area (Å²) in [5.41, 5.74) is 0.375. The van der Waals surface area contributed by atoms with Crippen LogP contribution in [0, 0.1) is 23.1 Å². The maximum absolute atomic E-state index is 14.0. The molecule has 4 nitrogen and oxygen atoms in total. The highest BCUT2D eigenvalue weighted by Crippen LogP contribution is 2.60. The number of piperidine rings is 1. The SMILES string of the molecule is O=C(O)C1CC12CCN(C(=O)C1CC1c1c(F)cccc1Cl)CC2. The molecule has 24 heavy (non-hydrogen) atoms. The van der Waals surface area contributed by atoms with Crippen molar-refractivity contribution in [1.29, 1.82) is 0 Å². The Labute approximate surface area is 144 Å². The lowest BCUT2D eigenvalue weighted by Crippen LogP contribution is -2.41. The minimum Gasteiger partial charge on any atom is -0.481 e. The number of carboxylic acids is 1. The van der Waals surface area contributed by atoms with Crippen molar-refractivity contribution in [3.63, 3.8) is 0 Å². The van der Waals surface area contributed by atoms with Gasteiger partial charge in [-0.05, 0) is 43.2 Å². The summed E-state index contributed by atoms with van der Waals surface area (Å²) in [4.78, 5) is 25.6. The molecular formula is C18H19ClFNO3. The average molecular weight is 352 g/mol. The molecule has 1 heterocycles. The maximum Gasteiger partial charge on any atom is 0.307 e. The van der Waals surface area contributed by atoms with Crippen molar-refractivity contribution >= 4 is 23.5 Å². The summed E-state index contributed by atoms with van der Waals surface area (Å²) >= 11 is 6.09. The minimum atomic E-state index is -0.716. The number of carbonyl (C=O) groups is 2. The summed E-state index contributed by atoms with van der Waals surface area (Å²) in [5.74, 6) is -1.56. The molecule has 3 unspecified atom stereocenters. The van der Waals surface area contributed by atoms with Crippen LogP contribution in [0.5, 0.6) is 0 Å². The zero-order chi connectivity index (χ0) is 17.1. The monoisotopic (exact) mass is 351 g/mol. The summed E-state index contributed by atoms with van der Waals surface area (Å²) in [7, 11) is 0. The van der Waals surface area contributed by atoms with Gasteiger partial charge in [0.05, 0.1) is 5.92 Å². The average Bonchev–Trinajstić information content (AvgIpc) is 3.44. The van der Waals surface area contributed by atoms with E-state index in [9.17, 15) is 14.0 Å². The molecule has 1 aliphatic heterocycles. The zero-order valence-corrected chi connectivity index (χ0v) is 13.9. The molecule has 1 aromatic carbocycles. The smallest absolute Gasteiger partial charge is 0.307 e.